The van der Waals surface area contributed by atoms with E-state index in [1.165, 1.54) is 17.8 Å². The van der Waals surface area contributed by atoms with Crippen LogP contribution in [-0.2, 0) is 9.53 Å². The fraction of sp³-hybridized carbons (Fsp3) is 0.647. The van der Waals surface area contributed by atoms with Crippen LogP contribution in [-0.4, -0.2) is 18.0 Å². The first-order valence-electron chi connectivity index (χ1n) is 8.02. The Bertz CT molecular complexity index is 556. The Hall–Kier alpha value is -1.36. The molecule has 1 heterocycles. The fourth-order valence-corrected chi connectivity index (χ4v) is 3.86. The van der Waals surface area contributed by atoms with Crippen LogP contribution in [0.3, 0.4) is 0 Å². The van der Waals surface area contributed by atoms with Crippen LogP contribution in [0.4, 0.5) is 5.00 Å². The molecule has 5 heteroatoms. The van der Waals surface area contributed by atoms with Crippen molar-refractivity contribution in [1.82, 2.24) is 0 Å². The van der Waals surface area contributed by atoms with Crippen molar-refractivity contribution in [3.05, 3.63) is 16.0 Å². The van der Waals surface area contributed by atoms with Gasteiger partial charge in [0, 0.05) is 10.8 Å². The molecule has 1 aromatic rings. The molecule has 1 aromatic heterocycles. The number of anilines is 1. The van der Waals surface area contributed by atoms with Crippen molar-refractivity contribution >= 4 is 28.2 Å². The number of amides is 1. The molecule has 4 nitrogen and oxygen atoms in total. The van der Waals surface area contributed by atoms with Crippen molar-refractivity contribution in [1.29, 1.82) is 0 Å². The lowest BCUT2D eigenvalue weighted by atomic mass is 9.89. The van der Waals surface area contributed by atoms with Gasteiger partial charge in [-0.1, -0.05) is 19.3 Å². The standard InChI is InChI=1S/C17H25NO3S/c1-10(2)21-17(20)14-11(3)12(4)22-16(14)18-15(19)13-8-6-5-7-9-13/h10,13H,5-9H2,1-4H3,(H,18,19). The van der Waals surface area contributed by atoms with Gasteiger partial charge < -0.3 is 10.1 Å². The molecule has 1 aliphatic rings. The molecule has 0 bridgehead atoms. The minimum absolute atomic E-state index is 0.0412. The lowest BCUT2D eigenvalue weighted by molar-refractivity contribution is -0.120. The molecule has 0 saturated heterocycles. The van der Waals surface area contributed by atoms with E-state index in [-0.39, 0.29) is 23.9 Å². The molecule has 22 heavy (non-hydrogen) atoms. The van der Waals surface area contributed by atoms with Gasteiger partial charge in [-0.3, -0.25) is 4.79 Å². The minimum Gasteiger partial charge on any atom is -0.459 e. The molecule has 0 aliphatic heterocycles. The van der Waals surface area contributed by atoms with Gasteiger partial charge in [0.05, 0.1) is 11.7 Å². The SMILES string of the molecule is Cc1sc(NC(=O)C2CCCCC2)c(C(=O)OC(C)C)c1C. The van der Waals surface area contributed by atoms with Gasteiger partial charge in [-0.15, -0.1) is 11.3 Å². The third-order valence-corrected chi connectivity index (χ3v) is 5.27. The van der Waals surface area contributed by atoms with E-state index in [1.54, 1.807) is 0 Å². The number of rotatable bonds is 4. The monoisotopic (exact) mass is 323 g/mol. The van der Waals surface area contributed by atoms with Crippen LogP contribution < -0.4 is 5.32 Å². The molecule has 0 unspecified atom stereocenters. The van der Waals surface area contributed by atoms with Crippen LogP contribution in [0.5, 0.6) is 0 Å². The maximum absolute atomic E-state index is 12.4. The Kier molecular flexibility index (Phi) is 5.62. The summed E-state index contributed by atoms with van der Waals surface area (Å²) in [7, 11) is 0. The molecule has 0 atom stereocenters. The van der Waals surface area contributed by atoms with Crippen LogP contribution in [0.15, 0.2) is 0 Å². The van der Waals surface area contributed by atoms with E-state index >= 15 is 0 Å². The van der Waals surface area contributed by atoms with Gasteiger partial charge in [0.1, 0.15) is 5.00 Å². The summed E-state index contributed by atoms with van der Waals surface area (Å²) >= 11 is 1.46. The molecule has 1 saturated carbocycles. The van der Waals surface area contributed by atoms with E-state index in [2.05, 4.69) is 5.32 Å². The highest BCUT2D eigenvalue weighted by atomic mass is 32.1. The second kappa shape index (κ2) is 7.27. The Morgan fingerprint density at radius 2 is 1.82 bits per heavy atom. The van der Waals surface area contributed by atoms with Gasteiger partial charge in [-0.05, 0) is 46.1 Å². The topological polar surface area (TPSA) is 55.4 Å². The quantitative estimate of drug-likeness (QED) is 0.833. The Morgan fingerprint density at radius 1 is 1.18 bits per heavy atom. The zero-order valence-electron chi connectivity index (χ0n) is 13.8. The average Bonchev–Trinajstić information content (AvgIpc) is 2.74. The van der Waals surface area contributed by atoms with Crippen LogP contribution in [0, 0.1) is 19.8 Å². The van der Waals surface area contributed by atoms with E-state index in [1.807, 2.05) is 27.7 Å². The van der Waals surface area contributed by atoms with Crippen molar-refractivity contribution in [3.8, 4) is 0 Å². The number of carbonyl (C=O) groups excluding carboxylic acids is 2. The fourth-order valence-electron chi connectivity index (χ4n) is 2.81. The molecule has 0 spiro atoms. The number of carbonyl (C=O) groups is 2. The molecule has 1 N–H and O–H groups in total. The largest absolute Gasteiger partial charge is 0.459 e. The van der Waals surface area contributed by atoms with Gasteiger partial charge in [-0.2, -0.15) is 0 Å². The number of ether oxygens (including phenoxy) is 1. The molecule has 1 amide bonds. The van der Waals surface area contributed by atoms with Crippen LogP contribution in [0.1, 0.15) is 66.8 Å². The number of nitrogens with one attached hydrogen (secondary N) is 1. The lowest BCUT2D eigenvalue weighted by Crippen LogP contribution is -2.25. The van der Waals surface area contributed by atoms with E-state index < -0.39 is 0 Å². The summed E-state index contributed by atoms with van der Waals surface area (Å²) in [6.45, 7) is 7.51. The number of hydrogen-bond acceptors (Lipinski definition) is 4. The van der Waals surface area contributed by atoms with Gasteiger partial charge >= 0.3 is 5.97 Å². The molecule has 1 aliphatic carbocycles. The van der Waals surface area contributed by atoms with Crippen molar-refractivity contribution < 1.29 is 14.3 Å². The van der Waals surface area contributed by atoms with Crippen molar-refractivity contribution in [2.75, 3.05) is 5.32 Å². The zero-order valence-corrected chi connectivity index (χ0v) is 14.6. The molecule has 0 radical (unpaired) electrons. The first-order chi connectivity index (χ1) is 10.4. The molecular weight excluding hydrogens is 298 g/mol. The number of esters is 1. The summed E-state index contributed by atoms with van der Waals surface area (Å²) in [5.41, 5.74) is 1.41. The molecular formula is C17H25NO3S. The summed E-state index contributed by atoms with van der Waals surface area (Å²) in [6.07, 6.45) is 5.16. The normalized spacial score (nSPS) is 15.9. The van der Waals surface area contributed by atoms with E-state index in [0.29, 0.717) is 10.6 Å². The summed E-state index contributed by atoms with van der Waals surface area (Å²) in [5, 5.41) is 3.61. The summed E-state index contributed by atoms with van der Waals surface area (Å²) in [5.74, 6) is -0.235. The molecule has 122 valence electrons. The highest BCUT2D eigenvalue weighted by Gasteiger charge is 2.26. The Morgan fingerprint density at radius 3 is 2.41 bits per heavy atom. The van der Waals surface area contributed by atoms with Gasteiger partial charge in [-0.25, -0.2) is 4.79 Å². The molecule has 2 rings (SSSR count). The van der Waals surface area contributed by atoms with Crippen LogP contribution in [0.2, 0.25) is 0 Å². The van der Waals surface area contributed by atoms with Gasteiger partial charge in [0.2, 0.25) is 5.91 Å². The first-order valence-corrected chi connectivity index (χ1v) is 8.83. The zero-order chi connectivity index (χ0) is 16.3. The smallest absolute Gasteiger partial charge is 0.341 e. The Labute approximate surface area is 136 Å². The third kappa shape index (κ3) is 3.88. The van der Waals surface area contributed by atoms with E-state index in [4.69, 9.17) is 4.74 Å². The maximum Gasteiger partial charge on any atom is 0.341 e. The highest BCUT2D eigenvalue weighted by Crippen LogP contribution is 2.34. The lowest BCUT2D eigenvalue weighted by Gasteiger charge is -2.20. The predicted octanol–water partition coefficient (Wildman–Crippen LogP) is 4.45. The van der Waals surface area contributed by atoms with Crippen LogP contribution >= 0.6 is 11.3 Å². The second-order valence-corrected chi connectivity index (χ2v) is 7.49. The van der Waals surface area contributed by atoms with Crippen molar-refractivity contribution in [2.24, 2.45) is 5.92 Å². The molecule has 1 fully saturated rings. The van der Waals surface area contributed by atoms with Gasteiger partial charge in [0.15, 0.2) is 0 Å². The van der Waals surface area contributed by atoms with Crippen molar-refractivity contribution in [2.45, 2.75) is 65.9 Å². The summed E-state index contributed by atoms with van der Waals surface area (Å²) in [6, 6.07) is 0. The maximum atomic E-state index is 12.4. The molecule has 0 aromatic carbocycles. The number of thiophene rings is 1. The van der Waals surface area contributed by atoms with Crippen LogP contribution in [0.25, 0.3) is 0 Å². The second-order valence-electron chi connectivity index (χ2n) is 6.27. The predicted molar refractivity (Wildman–Crippen MR) is 89.5 cm³/mol. The van der Waals surface area contributed by atoms with Crippen molar-refractivity contribution in [3.63, 3.8) is 0 Å². The summed E-state index contributed by atoms with van der Waals surface area (Å²) < 4.78 is 5.31. The minimum atomic E-state index is -0.351. The highest BCUT2D eigenvalue weighted by molar-refractivity contribution is 7.16. The third-order valence-electron chi connectivity index (χ3n) is 4.14. The first kappa shape index (κ1) is 17.0. The average molecular weight is 323 g/mol. The Balaban J connectivity index is 2.18. The number of aryl methyl sites for hydroxylation is 1. The van der Waals surface area contributed by atoms with E-state index in [9.17, 15) is 9.59 Å². The number of hydrogen-bond donors (Lipinski definition) is 1. The van der Waals surface area contributed by atoms with Gasteiger partial charge in [0.25, 0.3) is 0 Å². The van der Waals surface area contributed by atoms with E-state index in [0.717, 1.165) is 36.1 Å². The summed E-state index contributed by atoms with van der Waals surface area (Å²) in [4.78, 5) is 25.8.